The molecule has 172 valence electrons. The number of nitrogens with one attached hydrogen (secondary N) is 2. The number of halogens is 1. The van der Waals surface area contributed by atoms with Gasteiger partial charge in [-0.3, -0.25) is 9.69 Å². The molecule has 2 heterocycles. The van der Waals surface area contributed by atoms with E-state index in [0.29, 0.717) is 23.9 Å². The number of carboxylic acids is 1. The highest BCUT2D eigenvalue weighted by Gasteiger charge is 2.26. The fourth-order valence-corrected chi connectivity index (χ4v) is 4.60. The predicted octanol–water partition coefficient (Wildman–Crippen LogP) is 5.97. The van der Waals surface area contributed by atoms with Gasteiger partial charge in [0.25, 0.3) is 0 Å². The number of carbonyl (C=O) groups is 1. The topological polar surface area (TPSA) is 81.2 Å². The van der Waals surface area contributed by atoms with Crippen LogP contribution < -0.4 is 5.32 Å². The van der Waals surface area contributed by atoms with E-state index < -0.39 is 12.0 Å². The quantitative estimate of drug-likeness (QED) is 0.322. The van der Waals surface area contributed by atoms with Crippen LogP contribution in [0.25, 0.3) is 22.6 Å². The van der Waals surface area contributed by atoms with Crippen LogP contribution in [-0.2, 0) is 17.8 Å². The van der Waals surface area contributed by atoms with Crippen molar-refractivity contribution < 1.29 is 9.90 Å². The van der Waals surface area contributed by atoms with E-state index in [9.17, 15) is 9.90 Å². The fraction of sp³-hybridized carbons (Fsp3) is 0.185. The Morgan fingerprint density at radius 3 is 2.76 bits per heavy atom. The largest absolute Gasteiger partial charge is 0.480 e. The molecule has 4 aromatic rings. The summed E-state index contributed by atoms with van der Waals surface area (Å²) in [6.07, 6.45) is 2.60. The number of H-pyrrole nitrogens is 1. The van der Waals surface area contributed by atoms with Crippen LogP contribution in [0, 0.1) is 0 Å². The zero-order chi connectivity index (χ0) is 23.7. The van der Waals surface area contributed by atoms with E-state index in [1.54, 1.807) is 6.92 Å². The van der Waals surface area contributed by atoms with Crippen LogP contribution in [0.5, 0.6) is 0 Å². The van der Waals surface area contributed by atoms with Crippen LogP contribution in [0.3, 0.4) is 0 Å². The number of nitrogens with zero attached hydrogens (tertiary/aromatic N) is 2. The van der Waals surface area contributed by atoms with Crippen LogP contribution in [-0.4, -0.2) is 38.5 Å². The van der Waals surface area contributed by atoms with Crippen molar-refractivity contribution in [3.05, 3.63) is 89.1 Å². The normalized spacial score (nSPS) is 14.4. The molecule has 1 atom stereocenters. The minimum atomic E-state index is -0.792. The standard InChI is InChI=1S/C27H25ClN4O2/c1-17(27(33)34)32-13-12-21-19(16-32)8-5-9-24(21)30-20-10-11-23(28)22(14-20)26-29-15-25(31-26)18-6-3-2-4-7-18/h2-11,14-15,17,30H,12-13,16H2,1H3,(H,29,31)(H,33,34). The minimum Gasteiger partial charge on any atom is -0.480 e. The number of carboxylic acid groups (broad SMARTS) is 1. The SMILES string of the molecule is CC(C(=O)O)N1CCc2c(cccc2Nc2ccc(Cl)c(-c3ncc(-c4ccccc4)[nH]3)c2)C1. The van der Waals surface area contributed by atoms with E-state index in [2.05, 4.69) is 27.4 Å². The van der Waals surface area contributed by atoms with Crippen molar-refractivity contribution >= 4 is 28.9 Å². The first-order chi connectivity index (χ1) is 16.5. The Morgan fingerprint density at radius 1 is 1.15 bits per heavy atom. The maximum Gasteiger partial charge on any atom is 0.320 e. The van der Waals surface area contributed by atoms with Crippen molar-refractivity contribution in [2.45, 2.75) is 25.9 Å². The summed E-state index contributed by atoms with van der Waals surface area (Å²) in [4.78, 5) is 21.3. The molecular formula is C27H25ClN4O2. The van der Waals surface area contributed by atoms with Gasteiger partial charge >= 0.3 is 5.97 Å². The van der Waals surface area contributed by atoms with Gasteiger partial charge in [0.05, 0.1) is 16.9 Å². The molecule has 0 amide bonds. The maximum atomic E-state index is 11.4. The van der Waals surface area contributed by atoms with Gasteiger partial charge in [0.15, 0.2) is 0 Å². The Labute approximate surface area is 203 Å². The molecule has 0 radical (unpaired) electrons. The van der Waals surface area contributed by atoms with Gasteiger partial charge in [-0.2, -0.15) is 0 Å². The average Bonchev–Trinajstić information content (AvgIpc) is 3.35. The number of fused-ring (bicyclic) bond motifs is 1. The first kappa shape index (κ1) is 22.2. The van der Waals surface area contributed by atoms with Crippen LogP contribution in [0.4, 0.5) is 11.4 Å². The summed E-state index contributed by atoms with van der Waals surface area (Å²) in [6, 6.07) is 21.5. The van der Waals surface area contributed by atoms with Gasteiger partial charge in [-0.15, -0.1) is 0 Å². The van der Waals surface area contributed by atoms with Crippen LogP contribution in [0.1, 0.15) is 18.1 Å². The van der Waals surface area contributed by atoms with Crippen molar-refractivity contribution in [1.29, 1.82) is 0 Å². The fourth-order valence-electron chi connectivity index (χ4n) is 4.40. The number of benzene rings is 3. The summed E-state index contributed by atoms with van der Waals surface area (Å²) in [5, 5.41) is 13.5. The van der Waals surface area contributed by atoms with Gasteiger partial charge in [0, 0.05) is 30.0 Å². The lowest BCUT2D eigenvalue weighted by molar-refractivity contribution is -0.143. The smallest absolute Gasteiger partial charge is 0.320 e. The molecule has 0 bridgehead atoms. The molecule has 34 heavy (non-hydrogen) atoms. The van der Waals surface area contributed by atoms with Crippen LogP contribution >= 0.6 is 11.6 Å². The number of aromatic nitrogens is 2. The number of aliphatic carboxylic acids is 1. The third kappa shape index (κ3) is 4.42. The number of aromatic amines is 1. The van der Waals surface area contributed by atoms with E-state index in [1.165, 1.54) is 5.56 Å². The molecule has 1 aromatic heterocycles. The molecule has 1 aliphatic heterocycles. The Morgan fingerprint density at radius 2 is 1.97 bits per heavy atom. The van der Waals surface area contributed by atoms with Crippen molar-refractivity contribution in [2.75, 3.05) is 11.9 Å². The van der Waals surface area contributed by atoms with Crippen LogP contribution in [0.15, 0.2) is 72.9 Å². The Kier molecular flexibility index (Phi) is 6.09. The summed E-state index contributed by atoms with van der Waals surface area (Å²) < 4.78 is 0. The number of anilines is 2. The number of hydrogen-bond acceptors (Lipinski definition) is 4. The molecular weight excluding hydrogens is 448 g/mol. The predicted molar refractivity (Wildman–Crippen MR) is 135 cm³/mol. The van der Waals surface area contributed by atoms with E-state index >= 15 is 0 Å². The zero-order valence-corrected chi connectivity index (χ0v) is 19.5. The molecule has 1 aliphatic rings. The lowest BCUT2D eigenvalue weighted by Gasteiger charge is -2.32. The molecule has 5 rings (SSSR count). The molecule has 0 spiro atoms. The molecule has 0 fully saturated rings. The summed E-state index contributed by atoms with van der Waals surface area (Å²) in [6.45, 7) is 3.07. The molecule has 6 nitrogen and oxygen atoms in total. The highest BCUT2D eigenvalue weighted by molar-refractivity contribution is 6.33. The summed E-state index contributed by atoms with van der Waals surface area (Å²) in [5.41, 5.74) is 7.12. The molecule has 3 N–H and O–H groups in total. The van der Waals surface area contributed by atoms with Crippen molar-refractivity contribution in [1.82, 2.24) is 14.9 Å². The summed E-state index contributed by atoms with van der Waals surface area (Å²) >= 11 is 6.53. The molecule has 1 unspecified atom stereocenters. The van der Waals surface area contributed by atoms with Gasteiger partial charge in [-0.25, -0.2) is 4.98 Å². The molecule has 0 saturated carbocycles. The maximum absolute atomic E-state index is 11.4. The Balaban J connectivity index is 1.40. The average molecular weight is 473 g/mol. The summed E-state index contributed by atoms with van der Waals surface area (Å²) in [5.74, 6) is -0.0827. The third-order valence-corrected chi connectivity index (χ3v) is 6.69. The lowest BCUT2D eigenvalue weighted by atomic mass is 9.96. The van der Waals surface area contributed by atoms with E-state index in [1.807, 2.05) is 65.7 Å². The first-order valence-electron chi connectivity index (χ1n) is 11.2. The Bertz CT molecular complexity index is 1340. The van der Waals surface area contributed by atoms with E-state index in [4.69, 9.17) is 11.6 Å². The van der Waals surface area contributed by atoms with E-state index in [-0.39, 0.29) is 0 Å². The zero-order valence-electron chi connectivity index (χ0n) is 18.8. The molecule has 3 aromatic carbocycles. The minimum absolute atomic E-state index is 0.502. The number of hydrogen-bond donors (Lipinski definition) is 3. The second-order valence-electron chi connectivity index (χ2n) is 8.51. The van der Waals surface area contributed by atoms with Crippen molar-refractivity contribution in [3.8, 4) is 22.6 Å². The van der Waals surface area contributed by atoms with Crippen molar-refractivity contribution in [2.24, 2.45) is 0 Å². The second kappa shape index (κ2) is 9.33. The highest BCUT2D eigenvalue weighted by Crippen LogP contribution is 2.34. The van der Waals surface area contributed by atoms with Gasteiger partial charge in [-0.1, -0.05) is 54.1 Å². The first-order valence-corrected chi connectivity index (χ1v) is 11.6. The second-order valence-corrected chi connectivity index (χ2v) is 8.92. The summed E-state index contributed by atoms with van der Waals surface area (Å²) in [7, 11) is 0. The number of imidazole rings is 1. The van der Waals surface area contributed by atoms with Crippen LogP contribution in [0.2, 0.25) is 5.02 Å². The van der Waals surface area contributed by atoms with Gasteiger partial charge in [-0.05, 0) is 54.3 Å². The highest BCUT2D eigenvalue weighted by atomic mass is 35.5. The van der Waals surface area contributed by atoms with Crippen molar-refractivity contribution in [3.63, 3.8) is 0 Å². The van der Waals surface area contributed by atoms with Gasteiger partial charge < -0.3 is 15.4 Å². The third-order valence-electron chi connectivity index (χ3n) is 6.36. The van der Waals surface area contributed by atoms with Gasteiger partial charge in [0.1, 0.15) is 11.9 Å². The number of rotatable bonds is 6. The van der Waals surface area contributed by atoms with Gasteiger partial charge in [0.2, 0.25) is 0 Å². The monoisotopic (exact) mass is 472 g/mol. The Hall–Kier alpha value is -3.61. The lowest BCUT2D eigenvalue weighted by Crippen LogP contribution is -2.42. The van der Waals surface area contributed by atoms with E-state index in [0.717, 1.165) is 40.2 Å². The molecule has 0 saturated heterocycles. The molecule has 7 heteroatoms. The molecule has 0 aliphatic carbocycles.